The lowest BCUT2D eigenvalue weighted by molar-refractivity contribution is 0.472. The molecule has 0 amide bonds. The summed E-state index contributed by atoms with van der Waals surface area (Å²) in [5.41, 5.74) is 17.7. The van der Waals surface area contributed by atoms with Crippen molar-refractivity contribution in [3.63, 3.8) is 0 Å². The van der Waals surface area contributed by atoms with E-state index in [9.17, 15) is 5.11 Å². The number of aromatic nitrogens is 3. The minimum Gasteiger partial charge on any atom is -0.507 e. The first-order valence-electron chi connectivity index (χ1n) is 21.1. The van der Waals surface area contributed by atoms with Gasteiger partial charge >= 0.3 is 0 Å². The van der Waals surface area contributed by atoms with E-state index in [-0.39, 0.29) is 22.0 Å². The number of pyridine rings is 1. The van der Waals surface area contributed by atoms with E-state index in [0.29, 0.717) is 11.4 Å². The number of aryl methyl sites for hydroxylation is 2. The highest BCUT2D eigenvalue weighted by molar-refractivity contribution is 5.98. The van der Waals surface area contributed by atoms with Crippen molar-refractivity contribution in [3.05, 3.63) is 167 Å². The van der Waals surface area contributed by atoms with Gasteiger partial charge in [0.1, 0.15) is 11.6 Å². The molecule has 1 N–H and O–H groups in total. The standard InChI is InChI=1S/C56H57N3O/c1-35-28-36(2)52(60)47(29-35)53-58-51-45(18-15-19-50(51)59(53)49-25-24-43(55(6,7)8)34-46(49)38-16-13-12-14-17-38)40-30-41(32-44(31-40)56(9,10)11)48-33-39(26-27-57-48)37-20-22-42(23-21-37)54(3,4)5/h12-34,60H,1-11H3. The van der Waals surface area contributed by atoms with Crippen LogP contribution >= 0.6 is 0 Å². The van der Waals surface area contributed by atoms with Gasteiger partial charge in [-0.05, 0) is 129 Å². The molecule has 0 fully saturated rings. The number of phenols is 1. The van der Waals surface area contributed by atoms with Gasteiger partial charge in [-0.3, -0.25) is 9.55 Å². The van der Waals surface area contributed by atoms with Gasteiger partial charge in [-0.2, -0.15) is 0 Å². The molecule has 0 saturated carbocycles. The maximum absolute atomic E-state index is 11.8. The van der Waals surface area contributed by atoms with E-state index in [1.165, 1.54) is 22.3 Å². The first-order valence-corrected chi connectivity index (χ1v) is 21.1. The monoisotopic (exact) mass is 787 g/mol. The first-order chi connectivity index (χ1) is 28.4. The smallest absolute Gasteiger partial charge is 0.149 e. The predicted octanol–water partition coefficient (Wildman–Crippen LogP) is 15.0. The summed E-state index contributed by atoms with van der Waals surface area (Å²) in [5, 5.41) is 11.8. The molecule has 0 spiro atoms. The van der Waals surface area contributed by atoms with Crippen LogP contribution in [0.2, 0.25) is 0 Å². The number of aromatic hydroxyl groups is 1. The molecule has 0 saturated heterocycles. The molecule has 8 rings (SSSR count). The third-order valence-corrected chi connectivity index (χ3v) is 11.8. The fourth-order valence-corrected chi connectivity index (χ4v) is 8.23. The van der Waals surface area contributed by atoms with E-state index in [1.807, 2.05) is 19.2 Å². The van der Waals surface area contributed by atoms with Gasteiger partial charge in [-0.15, -0.1) is 0 Å². The number of nitrogens with zero attached hydrogens (tertiary/aromatic N) is 3. The summed E-state index contributed by atoms with van der Waals surface area (Å²) in [6.45, 7) is 24.3. The molecule has 2 aromatic heterocycles. The van der Waals surface area contributed by atoms with Gasteiger partial charge in [0.05, 0.1) is 28.0 Å². The Morgan fingerprint density at radius 1 is 0.483 bits per heavy atom. The molecule has 4 nitrogen and oxygen atoms in total. The highest BCUT2D eigenvalue weighted by atomic mass is 16.3. The Hall–Kier alpha value is -6.26. The van der Waals surface area contributed by atoms with E-state index in [0.717, 1.165) is 66.9 Å². The van der Waals surface area contributed by atoms with Crippen LogP contribution in [0.3, 0.4) is 0 Å². The van der Waals surface area contributed by atoms with Gasteiger partial charge in [0, 0.05) is 22.9 Å². The van der Waals surface area contributed by atoms with Crippen LogP contribution in [-0.4, -0.2) is 19.6 Å². The van der Waals surface area contributed by atoms with Crippen LogP contribution in [0.1, 0.15) is 90.1 Å². The predicted molar refractivity (Wildman–Crippen MR) is 253 cm³/mol. The molecule has 6 aromatic carbocycles. The fraction of sp³-hybridized carbons (Fsp3) is 0.250. The van der Waals surface area contributed by atoms with Gasteiger partial charge in [0.25, 0.3) is 0 Å². The summed E-state index contributed by atoms with van der Waals surface area (Å²) in [4.78, 5) is 10.5. The number of benzene rings is 6. The van der Waals surface area contributed by atoms with Crippen LogP contribution in [0.5, 0.6) is 5.75 Å². The zero-order chi connectivity index (χ0) is 42.7. The van der Waals surface area contributed by atoms with Crippen molar-refractivity contribution >= 4 is 11.0 Å². The summed E-state index contributed by atoms with van der Waals surface area (Å²) in [6.07, 6.45) is 1.92. The Morgan fingerprint density at radius 3 is 1.83 bits per heavy atom. The van der Waals surface area contributed by atoms with Crippen LogP contribution in [0.4, 0.5) is 0 Å². The van der Waals surface area contributed by atoms with Gasteiger partial charge < -0.3 is 5.11 Å². The zero-order valence-corrected chi connectivity index (χ0v) is 37.1. The van der Waals surface area contributed by atoms with Crippen LogP contribution in [-0.2, 0) is 16.2 Å². The number of rotatable bonds is 6. The van der Waals surface area contributed by atoms with Crippen molar-refractivity contribution in [2.75, 3.05) is 0 Å². The Balaban J connectivity index is 1.38. The summed E-state index contributed by atoms with van der Waals surface area (Å²) in [5.74, 6) is 0.934. The van der Waals surface area contributed by atoms with Crippen molar-refractivity contribution < 1.29 is 5.11 Å². The molecule has 4 heteroatoms. The number of para-hydroxylation sites is 1. The Morgan fingerprint density at radius 2 is 1.15 bits per heavy atom. The molecule has 8 aromatic rings. The highest BCUT2D eigenvalue weighted by Gasteiger charge is 2.25. The fourth-order valence-electron chi connectivity index (χ4n) is 8.23. The van der Waals surface area contributed by atoms with Crippen molar-refractivity contribution in [1.29, 1.82) is 0 Å². The topological polar surface area (TPSA) is 50.9 Å². The first kappa shape index (κ1) is 40.5. The summed E-state index contributed by atoms with van der Waals surface area (Å²) in [6, 6.07) is 48.0. The maximum atomic E-state index is 11.8. The second-order valence-electron chi connectivity index (χ2n) is 19.6. The molecule has 0 aliphatic heterocycles. The third-order valence-electron chi connectivity index (χ3n) is 11.8. The normalized spacial score (nSPS) is 12.3. The van der Waals surface area contributed by atoms with Crippen LogP contribution in [0.25, 0.3) is 72.7 Å². The van der Waals surface area contributed by atoms with Gasteiger partial charge in [-0.25, -0.2) is 4.98 Å². The lowest BCUT2D eigenvalue weighted by atomic mass is 9.83. The van der Waals surface area contributed by atoms with E-state index < -0.39 is 0 Å². The number of hydrogen-bond acceptors (Lipinski definition) is 3. The van der Waals surface area contributed by atoms with E-state index in [4.69, 9.17) is 9.97 Å². The van der Waals surface area contributed by atoms with Gasteiger partial charge in [-0.1, -0.05) is 147 Å². The second-order valence-corrected chi connectivity index (χ2v) is 19.6. The maximum Gasteiger partial charge on any atom is 0.149 e. The largest absolute Gasteiger partial charge is 0.507 e. The second kappa shape index (κ2) is 15.1. The lowest BCUT2D eigenvalue weighted by Gasteiger charge is -2.23. The Bertz CT molecular complexity index is 2880. The zero-order valence-electron chi connectivity index (χ0n) is 37.1. The number of phenolic OH excluding ortho intramolecular Hbond substituents is 1. The lowest BCUT2D eigenvalue weighted by Crippen LogP contribution is -2.12. The highest BCUT2D eigenvalue weighted by Crippen LogP contribution is 2.43. The van der Waals surface area contributed by atoms with Crippen molar-refractivity contribution in [2.45, 2.75) is 92.4 Å². The van der Waals surface area contributed by atoms with Crippen molar-refractivity contribution in [2.24, 2.45) is 0 Å². The molecule has 0 aliphatic rings. The van der Waals surface area contributed by atoms with Crippen LogP contribution < -0.4 is 0 Å². The average Bonchev–Trinajstić information content (AvgIpc) is 3.60. The molecular formula is C56H57N3O. The van der Waals surface area contributed by atoms with Crippen molar-refractivity contribution in [3.8, 4) is 67.5 Å². The number of imidazole rings is 1. The summed E-state index contributed by atoms with van der Waals surface area (Å²) in [7, 11) is 0. The Kier molecular flexibility index (Phi) is 10.2. The molecule has 0 radical (unpaired) electrons. The molecular weight excluding hydrogens is 731 g/mol. The minimum atomic E-state index is -0.131. The minimum absolute atomic E-state index is 0.0535. The summed E-state index contributed by atoms with van der Waals surface area (Å²) >= 11 is 0. The number of fused-ring (bicyclic) bond motifs is 1. The third kappa shape index (κ3) is 7.79. The van der Waals surface area contributed by atoms with E-state index in [1.54, 1.807) is 0 Å². The molecule has 302 valence electrons. The van der Waals surface area contributed by atoms with Gasteiger partial charge in [0.15, 0.2) is 0 Å². The molecule has 60 heavy (non-hydrogen) atoms. The van der Waals surface area contributed by atoms with Crippen LogP contribution in [0, 0.1) is 13.8 Å². The van der Waals surface area contributed by atoms with Gasteiger partial charge in [0.2, 0.25) is 0 Å². The average molecular weight is 788 g/mol. The Labute approximate surface area is 356 Å². The number of hydrogen-bond donors (Lipinski definition) is 1. The van der Waals surface area contributed by atoms with E-state index >= 15 is 0 Å². The van der Waals surface area contributed by atoms with Crippen LogP contribution in [0.15, 0.2) is 140 Å². The molecule has 0 bridgehead atoms. The molecule has 0 unspecified atom stereocenters. The molecule has 0 aliphatic carbocycles. The quantitative estimate of drug-likeness (QED) is 0.183. The molecule has 0 atom stereocenters. The van der Waals surface area contributed by atoms with E-state index in [2.05, 4.69) is 201 Å². The summed E-state index contributed by atoms with van der Waals surface area (Å²) < 4.78 is 2.26. The van der Waals surface area contributed by atoms with Crippen molar-refractivity contribution in [1.82, 2.24) is 14.5 Å². The molecule has 2 heterocycles. The SMILES string of the molecule is Cc1cc(C)c(O)c(-c2nc3c(-c4cc(-c5cc(-c6ccc(C(C)(C)C)cc6)ccn5)cc(C(C)(C)C)c4)cccc3n2-c2ccc(C(C)(C)C)cc2-c2ccccc2)c1.